The van der Waals surface area contributed by atoms with Crippen molar-refractivity contribution in [2.75, 3.05) is 0 Å². The van der Waals surface area contributed by atoms with Gasteiger partial charge in [0.2, 0.25) is 0 Å². The maximum absolute atomic E-state index is 13.5. The van der Waals surface area contributed by atoms with Crippen LogP contribution in [-0.2, 0) is 13.2 Å². The molecule has 6 heteroatoms. The van der Waals surface area contributed by atoms with Crippen molar-refractivity contribution in [3.8, 4) is 22.3 Å². The van der Waals surface area contributed by atoms with Gasteiger partial charge < -0.3 is 4.57 Å². The van der Waals surface area contributed by atoms with Gasteiger partial charge in [0.05, 0.1) is 5.56 Å². The minimum absolute atomic E-state index is 0.121. The predicted molar refractivity (Wildman–Crippen MR) is 87.5 cm³/mol. The van der Waals surface area contributed by atoms with Gasteiger partial charge in [0.25, 0.3) is 0 Å². The number of rotatable bonds is 2. The van der Waals surface area contributed by atoms with Crippen LogP contribution in [0.25, 0.3) is 22.3 Å². The Kier molecular flexibility index (Phi) is 4.20. The van der Waals surface area contributed by atoms with Crippen LogP contribution in [0.5, 0.6) is 0 Å². The molecule has 0 aliphatic heterocycles. The molecule has 0 unspecified atom stereocenters. The minimum atomic E-state index is -4.50. The Balaban J connectivity index is 2.21. The molecule has 128 valence electrons. The highest BCUT2D eigenvalue weighted by Gasteiger charge is 2.30. The number of aryl methyl sites for hydroxylation is 1. The first-order valence-electron chi connectivity index (χ1n) is 7.39. The summed E-state index contributed by atoms with van der Waals surface area (Å²) in [6.45, 7) is 0. The van der Waals surface area contributed by atoms with E-state index in [0.29, 0.717) is 5.56 Å². The van der Waals surface area contributed by atoms with Crippen LogP contribution in [-0.4, -0.2) is 4.57 Å². The molecule has 0 radical (unpaired) electrons. The molecule has 0 aliphatic rings. The van der Waals surface area contributed by atoms with Crippen molar-refractivity contribution in [3.63, 3.8) is 0 Å². The SMILES string of the molecule is Cn1cc(-c2cccc(F)c2)c(=O)c(-c2cccc(C(F)(F)F)c2)c1. The summed E-state index contributed by atoms with van der Waals surface area (Å²) in [5.41, 5.74) is -0.415. The maximum Gasteiger partial charge on any atom is 0.416 e. The standard InChI is InChI=1S/C19H13F4NO/c1-24-10-16(12-4-2-6-14(8-12)19(21,22)23)18(25)17(11-24)13-5-3-7-15(20)9-13/h2-11H,1H3. The Morgan fingerprint density at radius 1 is 0.880 bits per heavy atom. The second-order valence-electron chi connectivity index (χ2n) is 5.67. The van der Waals surface area contributed by atoms with E-state index in [1.807, 2.05) is 0 Å². The van der Waals surface area contributed by atoms with Crippen LogP contribution < -0.4 is 5.43 Å². The lowest BCUT2D eigenvalue weighted by Crippen LogP contribution is -2.12. The average molecular weight is 347 g/mol. The van der Waals surface area contributed by atoms with E-state index in [0.717, 1.165) is 12.1 Å². The van der Waals surface area contributed by atoms with Crippen molar-refractivity contribution >= 4 is 0 Å². The Labute approximate surface area is 141 Å². The number of alkyl halides is 3. The molecule has 0 saturated carbocycles. The quantitative estimate of drug-likeness (QED) is 0.606. The van der Waals surface area contributed by atoms with Gasteiger partial charge in [0.1, 0.15) is 5.82 Å². The van der Waals surface area contributed by atoms with Gasteiger partial charge in [-0.25, -0.2) is 4.39 Å². The number of benzene rings is 2. The maximum atomic E-state index is 13.5. The van der Waals surface area contributed by atoms with E-state index in [1.54, 1.807) is 17.7 Å². The molecule has 0 saturated heterocycles. The smallest absolute Gasteiger partial charge is 0.356 e. The van der Waals surface area contributed by atoms with Crippen LogP contribution in [0.15, 0.2) is 65.7 Å². The Morgan fingerprint density at radius 3 is 2.00 bits per heavy atom. The van der Waals surface area contributed by atoms with E-state index in [-0.39, 0.29) is 16.7 Å². The summed E-state index contributed by atoms with van der Waals surface area (Å²) >= 11 is 0. The zero-order chi connectivity index (χ0) is 18.2. The highest BCUT2D eigenvalue weighted by molar-refractivity contribution is 5.72. The number of aromatic nitrogens is 1. The fourth-order valence-electron chi connectivity index (χ4n) is 2.64. The summed E-state index contributed by atoms with van der Waals surface area (Å²) in [4.78, 5) is 12.8. The van der Waals surface area contributed by atoms with Gasteiger partial charge in [-0.1, -0.05) is 24.3 Å². The van der Waals surface area contributed by atoms with Crippen molar-refractivity contribution in [1.29, 1.82) is 0 Å². The minimum Gasteiger partial charge on any atom is -0.356 e. The third-order valence-corrected chi connectivity index (χ3v) is 3.79. The summed E-state index contributed by atoms with van der Waals surface area (Å²) in [7, 11) is 1.65. The number of hydrogen-bond acceptors (Lipinski definition) is 1. The van der Waals surface area contributed by atoms with Gasteiger partial charge in [-0.15, -0.1) is 0 Å². The third kappa shape index (κ3) is 3.47. The van der Waals surface area contributed by atoms with E-state index in [1.165, 1.54) is 42.7 Å². The molecular formula is C19H13F4NO. The van der Waals surface area contributed by atoms with Crippen molar-refractivity contribution < 1.29 is 17.6 Å². The van der Waals surface area contributed by atoms with Crippen molar-refractivity contribution in [2.24, 2.45) is 7.05 Å². The summed E-state index contributed by atoms with van der Waals surface area (Å²) < 4.78 is 53.8. The molecule has 1 heterocycles. The number of nitrogens with zero attached hydrogens (tertiary/aromatic N) is 1. The van der Waals surface area contributed by atoms with E-state index in [9.17, 15) is 22.4 Å². The third-order valence-electron chi connectivity index (χ3n) is 3.79. The molecule has 0 amide bonds. The van der Waals surface area contributed by atoms with Gasteiger partial charge in [-0.05, 0) is 35.4 Å². The topological polar surface area (TPSA) is 22.0 Å². The molecule has 3 aromatic rings. The summed E-state index contributed by atoms with van der Waals surface area (Å²) in [5, 5.41) is 0. The zero-order valence-electron chi connectivity index (χ0n) is 13.1. The van der Waals surface area contributed by atoms with Crippen molar-refractivity contribution in [3.05, 3.63) is 82.5 Å². The number of hydrogen-bond donors (Lipinski definition) is 0. The number of pyridine rings is 1. The molecule has 25 heavy (non-hydrogen) atoms. The van der Waals surface area contributed by atoms with Crippen LogP contribution in [0.4, 0.5) is 17.6 Å². The highest BCUT2D eigenvalue weighted by Crippen LogP contribution is 2.32. The van der Waals surface area contributed by atoms with E-state index < -0.39 is 23.0 Å². The molecule has 2 aromatic carbocycles. The number of halogens is 4. The van der Waals surface area contributed by atoms with E-state index >= 15 is 0 Å². The lowest BCUT2D eigenvalue weighted by atomic mass is 9.99. The normalized spacial score (nSPS) is 11.6. The Hall–Kier alpha value is -2.89. The van der Waals surface area contributed by atoms with Crippen LogP contribution in [0.3, 0.4) is 0 Å². The summed E-state index contributed by atoms with van der Waals surface area (Å²) in [5.74, 6) is -0.496. The Bertz CT molecular complexity index is 989. The predicted octanol–water partition coefficient (Wildman–Crippen LogP) is 4.88. The summed E-state index contributed by atoms with van der Waals surface area (Å²) in [6, 6.07) is 10.1. The second kappa shape index (κ2) is 6.20. The fraction of sp³-hybridized carbons (Fsp3) is 0.105. The lowest BCUT2D eigenvalue weighted by molar-refractivity contribution is -0.137. The first-order valence-corrected chi connectivity index (χ1v) is 7.39. The first-order chi connectivity index (χ1) is 11.8. The van der Waals surface area contributed by atoms with Gasteiger partial charge >= 0.3 is 6.18 Å². The lowest BCUT2D eigenvalue weighted by Gasteiger charge is -2.11. The molecule has 0 bridgehead atoms. The molecule has 3 rings (SSSR count). The molecular weight excluding hydrogens is 334 g/mol. The molecule has 0 fully saturated rings. The van der Waals surface area contributed by atoms with E-state index in [4.69, 9.17) is 0 Å². The Morgan fingerprint density at radius 2 is 1.44 bits per heavy atom. The molecule has 0 N–H and O–H groups in total. The molecule has 1 aromatic heterocycles. The monoisotopic (exact) mass is 347 g/mol. The van der Waals surface area contributed by atoms with Crippen LogP contribution in [0.2, 0.25) is 0 Å². The summed E-state index contributed by atoms with van der Waals surface area (Å²) in [6.07, 6.45) is -1.52. The second-order valence-corrected chi connectivity index (χ2v) is 5.67. The fourth-order valence-corrected chi connectivity index (χ4v) is 2.64. The molecule has 0 aliphatic carbocycles. The average Bonchev–Trinajstić information content (AvgIpc) is 2.56. The van der Waals surface area contributed by atoms with E-state index in [2.05, 4.69) is 0 Å². The molecule has 0 atom stereocenters. The molecule has 0 spiro atoms. The first kappa shape index (κ1) is 17.0. The van der Waals surface area contributed by atoms with Crippen molar-refractivity contribution in [2.45, 2.75) is 6.18 Å². The van der Waals surface area contributed by atoms with Crippen LogP contribution >= 0.6 is 0 Å². The van der Waals surface area contributed by atoms with Gasteiger partial charge in [-0.3, -0.25) is 4.79 Å². The zero-order valence-corrected chi connectivity index (χ0v) is 13.1. The largest absolute Gasteiger partial charge is 0.416 e. The molecule has 2 nitrogen and oxygen atoms in total. The van der Waals surface area contributed by atoms with Gasteiger partial charge in [0, 0.05) is 30.6 Å². The van der Waals surface area contributed by atoms with Gasteiger partial charge in [-0.2, -0.15) is 13.2 Å². The van der Waals surface area contributed by atoms with Gasteiger partial charge in [0.15, 0.2) is 5.43 Å². The van der Waals surface area contributed by atoms with Crippen molar-refractivity contribution in [1.82, 2.24) is 4.57 Å². The highest BCUT2D eigenvalue weighted by atomic mass is 19.4. The van der Waals surface area contributed by atoms with Crippen LogP contribution in [0, 0.1) is 5.82 Å². The van der Waals surface area contributed by atoms with Crippen LogP contribution in [0.1, 0.15) is 5.56 Å².